The molecule has 3 aromatic rings. The first-order chi connectivity index (χ1) is 14.8. The number of rotatable bonds is 5. The van der Waals surface area contributed by atoms with Gasteiger partial charge in [-0.1, -0.05) is 41.9 Å². The molecule has 8 nitrogen and oxygen atoms in total. The van der Waals surface area contributed by atoms with E-state index in [9.17, 15) is 13.2 Å². The van der Waals surface area contributed by atoms with E-state index in [4.69, 9.17) is 16.7 Å². The predicted octanol–water partition coefficient (Wildman–Crippen LogP) is 1.92. The van der Waals surface area contributed by atoms with Crippen LogP contribution in [0.2, 0.25) is 5.02 Å². The number of primary sulfonamides is 1. The van der Waals surface area contributed by atoms with E-state index in [1.807, 2.05) is 35.2 Å². The Labute approximate surface area is 185 Å². The van der Waals surface area contributed by atoms with Crippen molar-refractivity contribution in [1.29, 1.82) is 0 Å². The summed E-state index contributed by atoms with van der Waals surface area (Å²) in [6.07, 6.45) is 1.64. The van der Waals surface area contributed by atoms with Crippen LogP contribution in [0.3, 0.4) is 0 Å². The molecule has 4 rings (SSSR count). The molecule has 1 aliphatic rings. The summed E-state index contributed by atoms with van der Waals surface area (Å²) in [4.78, 5) is 17.0. The second-order valence-electron chi connectivity index (χ2n) is 7.31. The fourth-order valence-electron chi connectivity index (χ4n) is 3.60. The van der Waals surface area contributed by atoms with Crippen molar-refractivity contribution < 1.29 is 8.42 Å². The Morgan fingerprint density at radius 1 is 0.935 bits per heavy atom. The number of anilines is 2. The topological polar surface area (TPSA) is 102 Å². The zero-order valence-electron chi connectivity index (χ0n) is 16.7. The third kappa shape index (κ3) is 4.73. The summed E-state index contributed by atoms with van der Waals surface area (Å²) < 4.78 is 24.2. The first kappa shape index (κ1) is 21.4. The highest BCUT2D eigenvalue weighted by Crippen LogP contribution is 2.25. The van der Waals surface area contributed by atoms with Gasteiger partial charge in [-0.25, -0.2) is 18.2 Å². The quantitative estimate of drug-likeness (QED) is 0.625. The van der Waals surface area contributed by atoms with Crippen LogP contribution in [0.5, 0.6) is 0 Å². The summed E-state index contributed by atoms with van der Waals surface area (Å²) in [7, 11) is -3.71. The molecule has 31 heavy (non-hydrogen) atoms. The normalized spacial score (nSPS) is 14.6. The minimum Gasteiger partial charge on any atom is -0.368 e. The fraction of sp³-hybridized carbons (Fsp3) is 0.238. The molecule has 0 saturated carbocycles. The number of nitrogens with two attached hydrogens (primary N) is 1. The van der Waals surface area contributed by atoms with Crippen molar-refractivity contribution in [3.8, 4) is 0 Å². The molecule has 0 spiro atoms. The van der Waals surface area contributed by atoms with Gasteiger partial charge in [-0.2, -0.15) is 5.10 Å². The van der Waals surface area contributed by atoms with Crippen molar-refractivity contribution >= 4 is 33.0 Å². The molecule has 1 saturated heterocycles. The van der Waals surface area contributed by atoms with Gasteiger partial charge in [0.1, 0.15) is 5.02 Å². The molecule has 10 heteroatoms. The number of aromatic nitrogens is 2. The number of benzene rings is 2. The van der Waals surface area contributed by atoms with Gasteiger partial charge in [-0.3, -0.25) is 4.79 Å². The van der Waals surface area contributed by atoms with Gasteiger partial charge >= 0.3 is 0 Å². The largest absolute Gasteiger partial charge is 0.368 e. The lowest BCUT2D eigenvalue weighted by Gasteiger charge is -2.37. The number of hydrogen-bond acceptors (Lipinski definition) is 6. The van der Waals surface area contributed by atoms with E-state index >= 15 is 0 Å². The molecular formula is C21H22ClN5O3S. The average molecular weight is 460 g/mol. The smallest absolute Gasteiger partial charge is 0.287 e. The highest BCUT2D eigenvalue weighted by atomic mass is 35.5. The number of sulfonamides is 1. The van der Waals surface area contributed by atoms with E-state index in [1.54, 1.807) is 18.3 Å². The van der Waals surface area contributed by atoms with Gasteiger partial charge < -0.3 is 9.80 Å². The number of piperazine rings is 1. The predicted molar refractivity (Wildman–Crippen MR) is 121 cm³/mol. The molecule has 0 radical (unpaired) electrons. The van der Waals surface area contributed by atoms with Crippen molar-refractivity contribution in [1.82, 2.24) is 9.78 Å². The molecule has 0 aliphatic carbocycles. The molecule has 1 fully saturated rings. The third-order valence-corrected chi connectivity index (χ3v) is 6.58. The van der Waals surface area contributed by atoms with Crippen molar-refractivity contribution in [2.75, 3.05) is 36.0 Å². The lowest BCUT2D eigenvalue weighted by Crippen LogP contribution is -2.47. The van der Waals surface area contributed by atoms with Gasteiger partial charge in [-0.15, -0.1) is 0 Å². The van der Waals surface area contributed by atoms with Gasteiger partial charge in [0, 0.05) is 31.9 Å². The molecule has 162 valence electrons. The lowest BCUT2D eigenvalue weighted by molar-refractivity contribution is 0.597. The third-order valence-electron chi connectivity index (χ3n) is 5.29. The molecule has 2 aromatic carbocycles. The number of nitrogens with zero attached hydrogens (tertiary/aromatic N) is 4. The number of hydrogen-bond donors (Lipinski definition) is 1. The molecule has 1 aromatic heterocycles. The van der Waals surface area contributed by atoms with Crippen molar-refractivity contribution in [3.05, 3.63) is 81.7 Å². The van der Waals surface area contributed by atoms with Crippen LogP contribution >= 0.6 is 11.6 Å². The average Bonchev–Trinajstić information content (AvgIpc) is 2.77. The summed E-state index contributed by atoms with van der Waals surface area (Å²) in [5.41, 5.74) is 2.20. The molecule has 2 heterocycles. The van der Waals surface area contributed by atoms with Gasteiger partial charge in [-0.05, 0) is 29.8 Å². The second kappa shape index (κ2) is 8.70. The summed E-state index contributed by atoms with van der Waals surface area (Å²) in [5.74, 6) is 0. The van der Waals surface area contributed by atoms with E-state index in [-0.39, 0.29) is 15.5 Å². The first-order valence-electron chi connectivity index (χ1n) is 9.75. The zero-order valence-corrected chi connectivity index (χ0v) is 18.3. The number of halogens is 1. The Morgan fingerprint density at radius 2 is 1.55 bits per heavy atom. The lowest BCUT2D eigenvalue weighted by atomic mass is 10.2. The van der Waals surface area contributed by atoms with Gasteiger partial charge in [0.2, 0.25) is 10.0 Å². The van der Waals surface area contributed by atoms with Gasteiger partial charge in [0.25, 0.3) is 5.56 Å². The molecule has 0 unspecified atom stereocenters. The summed E-state index contributed by atoms with van der Waals surface area (Å²) in [6.45, 7) is 3.05. The Bertz CT molecular complexity index is 1220. The van der Waals surface area contributed by atoms with Crippen LogP contribution in [0.4, 0.5) is 11.4 Å². The monoisotopic (exact) mass is 459 g/mol. The van der Waals surface area contributed by atoms with Crippen LogP contribution < -0.4 is 20.5 Å². The standard InChI is InChI=1S/C21H22ClN5O3S/c22-20-19(14-24-27(21(20)28)15-16-4-2-1-3-5-16)26-12-10-25(11-13-26)17-6-8-18(9-7-17)31(23,29)30/h1-9,14H,10-13,15H2,(H2,23,29,30). The van der Waals surface area contributed by atoms with Crippen LogP contribution in [0.15, 0.2) is 70.5 Å². The van der Waals surface area contributed by atoms with Gasteiger partial charge in [0.05, 0.1) is 23.3 Å². The van der Waals surface area contributed by atoms with Crippen molar-refractivity contribution in [3.63, 3.8) is 0 Å². The van der Waals surface area contributed by atoms with Crippen molar-refractivity contribution in [2.45, 2.75) is 11.4 Å². The minimum atomic E-state index is -3.71. The molecular weight excluding hydrogens is 438 g/mol. The summed E-state index contributed by atoms with van der Waals surface area (Å²) in [6, 6.07) is 16.1. The van der Waals surface area contributed by atoms with Crippen LogP contribution in [-0.2, 0) is 16.6 Å². The van der Waals surface area contributed by atoms with E-state index in [2.05, 4.69) is 10.00 Å². The highest BCUT2D eigenvalue weighted by Gasteiger charge is 2.22. The molecule has 0 amide bonds. The van der Waals surface area contributed by atoms with Crippen LogP contribution in [0, 0.1) is 0 Å². The van der Waals surface area contributed by atoms with Gasteiger partial charge in [0.15, 0.2) is 0 Å². The van der Waals surface area contributed by atoms with Crippen LogP contribution in [-0.4, -0.2) is 44.4 Å². The maximum absolute atomic E-state index is 12.7. The SMILES string of the molecule is NS(=O)(=O)c1ccc(N2CCN(c3cnn(Cc4ccccc4)c(=O)c3Cl)CC2)cc1. The van der Waals surface area contributed by atoms with E-state index in [1.165, 1.54) is 16.8 Å². The Balaban J connectivity index is 1.45. The highest BCUT2D eigenvalue weighted by molar-refractivity contribution is 7.89. The Hall–Kier alpha value is -2.88. The van der Waals surface area contributed by atoms with Crippen LogP contribution in [0.1, 0.15) is 5.56 Å². The fourth-order valence-corrected chi connectivity index (χ4v) is 4.38. The van der Waals surface area contributed by atoms with Crippen molar-refractivity contribution in [2.24, 2.45) is 5.14 Å². The molecule has 0 atom stereocenters. The Kier molecular flexibility index (Phi) is 5.99. The van der Waals surface area contributed by atoms with E-state index in [0.717, 1.165) is 11.3 Å². The molecule has 2 N–H and O–H groups in total. The van der Waals surface area contributed by atoms with E-state index < -0.39 is 10.0 Å². The van der Waals surface area contributed by atoms with E-state index in [0.29, 0.717) is 38.4 Å². The molecule has 0 bridgehead atoms. The first-order valence-corrected chi connectivity index (χ1v) is 11.7. The van der Waals surface area contributed by atoms with Crippen LogP contribution in [0.25, 0.3) is 0 Å². The summed E-state index contributed by atoms with van der Waals surface area (Å²) >= 11 is 6.41. The zero-order chi connectivity index (χ0) is 22.0. The second-order valence-corrected chi connectivity index (χ2v) is 9.24. The maximum atomic E-state index is 12.7. The maximum Gasteiger partial charge on any atom is 0.287 e. The summed E-state index contributed by atoms with van der Waals surface area (Å²) in [5, 5.41) is 9.63. The minimum absolute atomic E-state index is 0.0869. The Morgan fingerprint density at radius 3 is 2.16 bits per heavy atom. The molecule has 1 aliphatic heterocycles.